The summed E-state index contributed by atoms with van der Waals surface area (Å²) in [5, 5.41) is 7.00. The van der Waals surface area contributed by atoms with Crippen LogP contribution in [0.15, 0.2) is 4.99 Å². The van der Waals surface area contributed by atoms with E-state index in [1.807, 2.05) is 7.05 Å². The lowest BCUT2D eigenvalue weighted by molar-refractivity contribution is 0.120. The first-order valence-corrected chi connectivity index (χ1v) is 9.52. The van der Waals surface area contributed by atoms with E-state index in [0.717, 1.165) is 19.0 Å². The van der Waals surface area contributed by atoms with Gasteiger partial charge in [0.05, 0.1) is 0 Å². The Balaban J connectivity index is 1.69. The van der Waals surface area contributed by atoms with Gasteiger partial charge in [0.25, 0.3) is 0 Å². The molecule has 0 saturated carbocycles. The van der Waals surface area contributed by atoms with Crippen LogP contribution < -0.4 is 10.6 Å². The van der Waals surface area contributed by atoms with Gasteiger partial charge in [-0.1, -0.05) is 0 Å². The quantitative estimate of drug-likeness (QED) is 0.584. The molecule has 2 rings (SSSR count). The topological polar surface area (TPSA) is 42.9 Å². The minimum absolute atomic E-state index is 0.376. The Bertz CT molecular complexity index is 360. The van der Waals surface area contributed by atoms with Crippen LogP contribution in [-0.4, -0.2) is 85.7 Å². The number of nitrogens with one attached hydrogen (secondary N) is 2. The van der Waals surface area contributed by atoms with Crippen LogP contribution in [0.1, 0.15) is 26.7 Å². The summed E-state index contributed by atoms with van der Waals surface area (Å²) >= 11 is 2.09. The summed E-state index contributed by atoms with van der Waals surface area (Å²) in [6, 6.07) is 0.545. The minimum atomic E-state index is 0.376. The molecule has 0 bridgehead atoms. The highest BCUT2D eigenvalue weighted by Gasteiger charge is 2.29. The van der Waals surface area contributed by atoms with Gasteiger partial charge < -0.3 is 15.5 Å². The standard InChI is InChI=1S/C16H33N5S/c1-14(21-9-7-20(4)8-10-21)12-18-15(17-3)19-13-16(2)6-5-11-22-16/h14H,5-13H2,1-4H3,(H2,17,18,19). The number of hydrogen-bond donors (Lipinski definition) is 2. The van der Waals surface area contributed by atoms with Crippen molar-refractivity contribution >= 4 is 17.7 Å². The van der Waals surface area contributed by atoms with E-state index in [4.69, 9.17) is 0 Å². The van der Waals surface area contributed by atoms with Gasteiger partial charge in [-0.05, 0) is 39.5 Å². The third-order valence-corrected chi connectivity index (χ3v) is 6.42. The summed E-state index contributed by atoms with van der Waals surface area (Å²) in [6.07, 6.45) is 2.65. The summed E-state index contributed by atoms with van der Waals surface area (Å²) in [4.78, 5) is 9.33. The molecule has 22 heavy (non-hydrogen) atoms. The molecule has 0 amide bonds. The lowest BCUT2D eigenvalue weighted by atomic mass is 10.1. The summed E-state index contributed by atoms with van der Waals surface area (Å²) in [5.74, 6) is 2.24. The summed E-state index contributed by atoms with van der Waals surface area (Å²) < 4.78 is 0.376. The third kappa shape index (κ3) is 5.32. The molecule has 2 saturated heterocycles. The second-order valence-corrected chi connectivity index (χ2v) is 8.58. The van der Waals surface area contributed by atoms with Gasteiger partial charge in [0, 0.05) is 57.1 Å². The Morgan fingerprint density at radius 2 is 2.00 bits per heavy atom. The van der Waals surface area contributed by atoms with E-state index in [9.17, 15) is 0 Å². The number of rotatable bonds is 5. The molecule has 2 N–H and O–H groups in total. The van der Waals surface area contributed by atoms with Gasteiger partial charge in [-0.15, -0.1) is 0 Å². The highest BCUT2D eigenvalue weighted by Crippen LogP contribution is 2.36. The molecule has 6 heteroatoms. The van der Waals surface area contributed by atoms with Gasteiger partial charge in [-0.3, -0.25) is 9.89 Å². The Morgan fingerprint density at radius 3 is 2.59 bits per heavy atom. The highest BCUT2D eigenvalue weighted by atomic mass is 32.2. The van der Waals surface area contributed by atoms with Gasteiger partial charge in [0.15, 0.2) is 5.96 Å². The molecule has 0 aliphatic carbocycles. The lowest BCUT2D eigenvalue weighted by Gasteiger charge is -2.36. The second kappa shape index (κ2) is 8.41. The molecular weight excluding hydrogens is 294 g/mol. The fourth-order valence-corrected chi connectivity index (χ4v) is 4.35. The van der Waals surface area contributed by atoms with Crippen molar-refractivity contribution in [3.05, 3.63) is 0 Å². The molecule has 2 aliphatic rings. The molecule has 0 radical (unpaired) electrons. The van der Waals surface area contributed by atoms with E-state index in [-0.39, 0.29) is 0 Å². The molecular formula is C16H33N5S. The predicted molar refractivity (Wildman–Crippen MR) is 98.0 cm³/mol. The van der Waals surface area contributed by atoms with Crippen LogP contribution in [0.5, 0.6) is 0 Å². The smallest absolute Gasteiger partial charge is 0.191 e. The molecule has 0 spiro atoms. The molecule has 2 aliphatic heterocycles. The Hall–Kier alpha value is -0.460. The number of hydrogen-bond acceptors (Lipinski definition) is 4. The summed E-state index contributed by atoms with van der Waals surface area (Å²) in [7, 11) is 4.06. The first-order valence-electron chi connectivity index (χ1n) is 8.53. The number of nitrogens with zero attached hydrogens (tertiary/aromatic N) is 3. The fourth-order valence-electron chi connectivity index (χ4n) is 3.10. The maximum atomic E-state index is 4.37. The highest BCUT2D eigenvalue weighted by molar-refractivity contribution is 8.00. The van der Waals surface area contributed by atoms with E-state index in [2.05, 4.69) is 58.1 Å². The van der Waals surface area contributed by atoms with Crippen LogP contribution in [-0.2, 0) is 0 Å². The fraction of sp³-hybridized carbons (Fsp3) is 0.938. The van der Waals surface area contributed by atoms with Crippen molar-refractivity contribution in [2.45, 2.75) is 37.5 Å². The zero-order valence-corrected chi connectivity index (χ0v) is 15.5. The van der Waals surface area contributed by atoms with Crippen LogP contribution in [0.25, 0.3) is 0 Å². The van der Waals surface area contributed by atoms with Crippen LogP contribution in [0.3, 0.4) is 0 Å². The van der Waals surface area contributed by atoms with Crippen molar-refractivity contribution in [2.75, 3.05) is 59.1 Å². The summed E-state index contributed by atoms with van der Waals surface area (Å²) in [5.41, 5.74) is 0. The average molecular weight is 328 g/mol. The maximum Gasteiger partial charge on any atom is 0.191 e. The van der Waals surface area contributed by atoms with Crippen molar-refractivity contribution in [1.29, 1.82) is 0 Å². The van der Waals surface area contributed by atoms with Crippen molar-refractivity contribution in [3.8, 4) is 0 Å². The van der Waals surface area contributed by atoms with Crippen LogP contribution in [0, 0.1) is 0 Å². The first kappa shape index (κ1) is 17.9. The van der Waals surface area contributed by atoms with E-state index < -0.39 is 0 Å². The van der Waals surface area contributed by atoms with E-state index >= 15 is 0 Å². The van der Waals surface area contributed by atoms with Gasteiger partial charge in [-0.2, -0.15) is 11.8 Å². The molecule has 5 nitrogen and oxygen atoms in total. The van der Waals surface area contributed by atoms with Crippen molar-refractivity contribution in [1.82, 2.24) is 20.4 Å². The molecule has 0 aromatic carbocycles. The van der Waals surface area contributed by atoms with E-state index in [1.54, 1.807) is 0 Å². The minimum Gasteiger partial charge on any atom is -0.355 e. The zero-order chi connectivity index (χ0) is 16.0. The Morgan fingerprint density at radius 1 is 1.27 bits per heavy atom. The van der Waals surface area contributed by atoms with Crippen LogP contribution in [0.2, 0.25) is 0 Å². The lowest BCUT2D eigenvalue weighted by Crippen LogP contribution is -2.53. The molecule has 2 fully saturated rings. The monoisotopic (exact) mass is 327 g/mol. The zero-order valence-electron chi connectivity index (χ0n) is 14.7. The molecule has 2 heterocycles. The first-order chi connectivity index (χ1) is 10.5. The number of piperazine rings is 1. The average Bonchev–Trinajstić information content (AvgIpc) is 2.95. The number of guanidine groups is 1. The third-order valence-electron chi connectivity index (χ3n) is 4.88. The summed E-state index contributed by atoms with van der Waals surface area (Å²) in [6.45, 7) is 11.3. The van der Waals surface area contributed by atoms with E-state index in [1.165, 1.54) is 44.8 Å². The van der Waals surface area contributed by atoms with Gasteiger partial charge in [-0.25, -0.2) is 0 Å². The molecule has 2 atom stereocenters. The van der Waals surface area contributed by atoms with Gasteiger partial charge in [0.1, 0.15) is 0 Å². The maximum absolute atomic E-state index is 4.37. The normalized spacial score (nSPS) is 29.5. The SMILES string of the molecule is CN=C(NCC(C)N1CCN(C)CC1)NCC1(C)CCCS1. The van der Waals surface area contributed by atoms with Crippen molar-refractivity contribution in [3.63, 3.8) is 0 Å². The van der Waals surface area contributed by atoms with Gasteiger partial charge in [0.2, 0.25) is 0 Å². The Labute approximate surface area is 140 Å². The molecule has 128 valence electrons. The molecule has 2 unspecified atom stereocenters. The van der Waals surface area contributed by atoms with Crippen molar-refractivity contribution in [2.24, 2.45) is 4.99 Å². The second-order valence-electron chi connectivity index (χ2n) is 6.90. The molecule has 0 aromatic heterocycles. The number of likely N-dealkylation sites (N-methyl/N-ethyl adjacent to an activating group) is 1. The number of thioether (sulfide) groups is 1. The van der Waals surface area contributed by atoms with Crippen molar-refractivity contribution < 1.29 is 0 Å². The predicted octanol–water partition coefficient (Wildman–Crippen LogP) is 1.07. The van der Waals surface area contributed by atoms with Gasteiger partial charge >= 0.3 is 0 Å². The Kier molecular flexibility index (Phi) is 6.84. The van der Waals surface area contributed by atoms with E-state index in [0.29, 0.717) is 10.8 Å². The van der Waals surface area contributed by atoms with Crippen LogP contribution >= 0.6 is 11.8 Å². The number of aliphatic imine (C=N–C) groups is 1. The largest absolute Gasteiger partial charge is 0.355 e. The van der Waals surface area contributed by atoms with Crippen LogP contribution in [0.4, 0.5) is 0 Å². The molecule has 0 aromatic rings.